The molecule has 0 aliphatic carbocycles. The number of hydrogen-bond donors (Lipinski definition) is 1. The van der Waals surface area contributed by atoms with Crippen LogP contribution in [0.2, 0.25) is 0 Å². The van der Waals surface area contributed by atoms with Crippen molar-refractivity contribution in [2.75, 3.05) is 19.6 Å². The lowest BCUT2D eigenvalue weighted by atomic mass is 10.2. The fourth-order valence-electron chi connectivity index (χ4n) is 2.66. The molecule has 1 atom stereocenters. The summed E-state index contributed by atoms with van der Waals surface area (Å²) in [5, 5.41) is 9.55. The molecule has 0 unspecified atom stereocenters. The van der Waals surface area contributed by atoms with E-state index >= 15 is 0 Å². The van der Waals surface area contributed by atoms with Gasteiger partial charge in [-0.1, -0.05) is 15.9 Å². The first-order valence-corrected chi connectivity index (χ1v) is 8.04. The van der Waals surface area contributed by atoms with Gasteiger partial charge < -0.3 is 14.4 Å². The smallest absolute Gasteiger partial charge is 0.226 e. The van der Waals surface area contributed by atoms with E-state index in [0.717, 1.165) is 54.0 Å². The number of hydrogen-bond acceptors (Lipinski definition) is 4. The molecule has 1 N–H and O–H groups in total. The molecule has 2 aromatic rings. The Morgan fingerprint density at radius 2 is 2.14 bits per heavy atom. The average Bonchev–Trinajstić information content (AvgIpc) is 3.04. The molecule has 0 saturated carbocycles. The minimum Gasteiger partial charge on any atom is -0.441 e. The van der Waals surface area contributed by atoms with Gasteiger partial charge in [0.2, 0.25) is 5.89 Å². The zero-order valence-electron chi connectivity index (χ0n) is 12.1. The first-order valence-electron chi connectivity index (χ1n) is 7.24. The molecule has 1 aromatic carbocycles. The molecule has 1 aliphatic rings. The number of halogens is 1. The number of aromatic nitrogens is 1. The SMILES string of the molecule is Cc1oc(-c2ccc(Br)cc2)nc1CCN1CC[C@@H](O)C1. The van der Waals surface area contributed by atoms with Crippen LogP contribution in [0, 0.1) is 6.92 Å². The molecule has 1 aromatic heterocycles. The molecule has 5 heteroatoms. The third kappa shape index (κ3) is 3.54. The number of nitrogens with zero attached hydrogens (tertiary/aromatic N) is 2. The summed E-state index contributed by atoms with van der Waals surface area (Å²) in [6.07, 6.45) is 1.57. The highest BCUT2D eigenvalue weighted by molar-refractivity contribution is 9.10. The minimum absolute atomic E-state index is 0.165. The second kappa shape index (κ2) is 6.30. The Hall–Kier alpha value is -1.17. The first kappa shape index (κ1) is 14.8. The Morgan fingerprint density at radius 1 is 1.38 bits per heavy atom. The van der Waals surface area contributed by atoms with Gasteiger partial charge >= 0.3 is 0 Å². The van der Waals surface area contributed by atoms with Gasteiger partial charge in [-0.15, -0.1) is 0 Å². The van der Waals surface area contributed by atoms with Crippen molar-refractivity contribution in [3.05, 3.63) is 40.2 Å². The first-order chi connectivity index (χ1) is 10.1. The van der Waals surface area contributed by atoms with Gasteiger partial charge in [-0.25, -0.2) is 4.98 Å². The maximum Gasteiger partial charge on any atom is 0.226 e. The highest BCUT2D eigenvalue weighted by Gasteiger charge is 2.20. The number of aryl methyl sites for hydroxylation is 1. The maximum absolute atomic E-state index is 9.55. The number of likely N-dealkylation sites (tertiary alicyclic amines) is 1. The Bertz CT molecular complexity index is 609. The lowest BCUT2D eigenvalue weighted by molar-refractivity contribution is 0.176. The number of oxazole rings is 1. The summed E-state index contributed by atoms with van der Waals surface area (Å²) in [4.78, 5) is 6.89. The monoisotopic (exact) mass is 350 g/mol. The van der Waals surface area contributed by atoms with Crippen molar-refractivity contribution in [1.82, 2.24) is 9.88 Å². The van der Waals surface area contributed by atoms with E-state index in [0.29, 0.717) is 5.89 Å². The van der Waals surface area contributed by atoms with E-state index in [-0.39, 0.29) is 6.10 Å². The molecular weight excluding hydrogens is 332 g/mol. The van der Waals surface area contributed by atoms with Crippen LogP contribution in [-0.2, 0) is 6.42 Å². The largest absolute Gasteiger partial charge is 0.441 e. The van der Waals surface area contributed by atoms with Crippen molar-refractivity contribution < 1.29 is 9.52 Å². The van der Waals surface area contributed by atoms with Crippen LogP contribution in [0.5, 0.6) is 0 Å². The minimum atomic E-state index is -0.165. The molecule has 2 heterocycles. The lowest BCUT2D eigenvalue weighted by Crippen LogP contribution is -2.24. The average molecular weight is 351 g/mol. The Kier molecular flexibility index (Phi) is 4.42. The summed E-state index contributed by atoms with van der Waals surface area (Å²) in [6, 6.07) is 7.96. The zero-order valence-corrected chi connectivity index (χ0v) is 13.6. The molecule has 21 heavy (non-hydrogen) atoms. The van der Waals surface area contributed by atoms with Crippen LogP contribution in [0.3, 0.4) is 0 Å². The van der Waals surface area contributed by atoms with Crippen LogP contribution in [0.1, 0.15) is 17.9 Å². The topological polar surface area (TPSA) is 49.5 Å². The quantitative estimate of drug-likeness (QED) is 0.920. The third-order valence-corrected chi connectivity index (χ3v) is 4.42. The Balaban J connectivity index is 1.68. The molecule has 4 nitrogen and oxygen atoms in total. The number of aliphatic hydroxyl groups excluding tert-OH is 1. The van der Waals surface area contributed by atoms with Crippen LogP contribution in [0.25, 0.3) is 11.5 Å². The second-order valence-corrected chi connectivity index (χ2v) is 6.44. The number of aliphatic hydroxyl groups is 1. The van der Waals surface area contributed by atoms with Gasteiger partial charge in [-0.2, -0.15) is 0 Å². The normalized spacial score (nSPS) is 19.3. The molecular formula is C16H19BrN2O2. The van der Waals surface area contributed by atoms with Crippen molar-refractivity contribution in [3.8, 4) is 11.5 Å². The predicted molar refractivity (Wildman–Crippen MR) is 85.1 cm³/mol. The molecule has 0 spiro atoms. The van der Waals surface area contributed by atoms with Crippen LogP contribution < -0.4 is 0 Å². The van der Waals surface area contributed by atoms with E-state index in [4.69, 9.17) is 4.42 Å². The van der Waals surface area contributed by atoms with Crippen LogP contribution in [-0.4, -0.2) is 40.7 Å². The van der Waals surface area contributed by atoms with Crippen molar-refractivity contribution in [2.24, 2.45) is 0 Å². The van der Waals surface area contributed by atoms with Gasteiger partial charge in [0, 0.05) is 36.1 Å². The third-order valence-electron chi connectivity index (χ3n) is 3.90. The molecule has 0 radical (unpaired) electrons. The summed E-state index contributed by atoms with van der Waals surface area (Å²) >= 11 is 3.43. The standard InChI is InChI=1S/C16H19BrN2O2/c1-11-15(7-9-19-8-6-14(20)10-19)18-16(21-11)12-2-4-13(17)5-3-12/h2-5,14,20H,6-10H2,1H3/t14-/m1/s1. The molecule has 1 saturated heterocycles. The summed E-state index contributed by atoms with van der Waals surface area (Å²) < 4.78 is 6.83. The molecule has 0 amide bonds. The Morgan fingerprint density at radius 3 is 2.81 bits per heavy atom. The highest BCUT2D eigenvalue weighted by atomic mass is 79.9. The van der Waals surface area contributed by atoms with Crippen molar-refractivity contribution in [2.45, 2.75) is 25.9 Å². The van der Waals surface area contributed by atoms with E-state index in [2.05, 4.69) is 25.8 Å². The van der Waals surface area contributed by atoms with Gasteiger partial charge in [-0.05, 0) is 37.6 Å². The Labute approximate surface area is 132 Å². The molecule has 1 fully saturated rings. The van der Waals surface area contributed by atoms with E-state index in [1.54, 1.807) is 0 Å². The summed E-state index contributed by atoms with van der Waals surface area (Å²) in [5.41, 5.74) is 2.00. The maximum atomic E-state index is 9.55. The molecule has 3 rings (SSSR count). The van der Waals surface area contributed by atoms with Crippen molar-refractivity contribution in [3.63, 3.8) is 0 Å². The fourth-order valence-corrected chi connectivity index (χ4v) is 2.92. The number of benzene rings is 1. The summed E-state index contributed by atoms with van der Waals surface area (Å²) in [6.45, 7) is 4.63. The number of rotatable bonds is 4. The van der Waals surface area contributed by atoms with E-state index in [1.165, 1.54) is 0 Å². The van der Waals surface area contributed by atoms with Gasteiger partial charge in [-0.3, -0.25) is 0 Å². The molecule has 0 bridgehead atoms. The lowest BCUT2D eigenvalue weighted by Gasteiger charge is -2.13. The van der Waals surface area contributed by atoms with Gasteiger partial charge in [0.05, 0.1) is 11.8 Å². The zero-order chi connectivity index (χ0) is 14.8. The van der Waals surface area contributed by atoms with E-state index in [1.807, 2.05) is 31.2 Å². The molecule has 112 valence electrons. The van der Waals surface area contributed by atoms with Crippen molar-refractivity contribution in [1.29, 1.82) is 0 Å². The second-order valence-electron chi connectivity index (χ2n) is 5.52. The van der Waals surface area contributed by atoms with Crippen LogP contribution >= 0.6 is 15.9 Å². The van der Waals surface area contributed by atoms with Gasteiger partial charge in [0.15, 0.2) is 0 Å². The van der Waals surface area contributed by atoms with Crippen molar-refractivity contribution >= 4 is 15.9 Å². The van der Waals surface area contributed by atoms with Gasteiger partial charge in [0.1, 0.15) is 5.76 Å². The van der Waals surface area contributed by atoms with Crippen LogP contribution in [0.4, 0.5) is 0 Å². The summed E-state index contributed by atoms with van der Waals surface area (Å²) in [7, 11) is 0. The highest BCUT2D eigenvalue weighted by Crippen LogP contribution is 2.24. The van der Waals surface area contributed by atoms with E-state index in [9.17, 15) is 5.11 Å². The van der Waals surface area contributed by atoms with Crippen LogP contribution in [0.15, 0.2) is 33.2 Å². The number of β-amino-alcohol motifs (C(OH)–C–C–N with tert-alkyl or cyclic N) is 1. The van der Waals surface area contributed by atoms with E-state index < -0.39 is 0 Å². The predicted octanol–water partition coefficient (Wildman–Crippen LogP) is 3.02. The fraction of sp³-hybridized carbons (Fsp3) is 0.438. The van der Waals surface area contributed by atoms with Gasteiger partial charge in [0.25, 0.3) is 0 Å². The molecule has 1 aliphatic heterocycles. The summed E-state index contributed by atoms with van der Waals surface area (Å²) in [5.74, 6) is 1.56.